The van der Waals surface area contributed by atoms with Crippen LogP contribution in [0.1, 0.15) is 27.4 Å². The van der Waals surface area contributed by atoms with Gasteiger partial charge in [-0.05, 0) is 31.2 Å². The Morgan fingerprint density at radius 3 is 2.89 bits per heavy atom. The molecule has 0 aliphatic carbocycles. The number of carbonyl (C=O) groups is 1. The van der Waals surface area contributed by atoms with Crippen LogP contribution in [-0.2, 0) is 6.61 Å². The van der Waals surface area contributed by atoms with E-state index in [9.17, 15) is 4.79 Å². The molecule has 0 saturated carbocycles. The summed E-state index contributed by atoms with van der Waals surface area (Å²) in [5.41, 5.74) is 1.05. The Morgan fingerprint density at radius 1 is 1.47 bits per heavy atom. The standard InChI is InChI=1S/C14H11NO4/c1-9-5-12(19-13(9)14(16)17)8-18-11-4-2-3-10(6-11)7-15/h2-6H,8H2,1H3,(H,16,17). The average Bonchev–Trinajstić information content (AvgIpc) is 2.78. The zero-order chi connectivity index (χ0) is 13.8. The number of ether oxygens (including phenoxy) is 1. The molecular weight excluding hydrogens is 246 g/mol. The zero-order valence-electron chi connectivity index (χ0n) is 10.2. The highest BCUT2D eigenvalue weighted by Crippen LogP contribution is 2.18. The third-order valence-electron chi connectivity index (χ3n) is 2.51. The minimum Gasteiger partial charge on any atom is -0.486 e. The van der Waals surface area contributed by atoms with Crippen molar-refractivity contribution < 1.29 is 19.1 Å². The first-order valence-corrected chi connectivity index (χ1v) is 5.55. The van der Waals surface area contributed by atoms with Gasteiger partial charge in [-0.25, -0.2) is 4.79 Å². The Hall–Kier alpha value is -2.74. The molecule has 0 saturated heterocycles. The smallest absolute Gasteiger partial charge is 0.372 e. The maximum Gasteiger partial charge on any atom is 0.372 e. The summed E-state index contributed by atoms with van der Waals surface area (Å²) in [5, 5.41) is 17.6. The summed E-state index contributed by atoms with van der Waals surface area (Å²) in [6.45, 7) is 1.77. The predicted molar refractivity (Wildman–Crippen MR) is 65.9 cm³/mol. The van der Waals surface area contributed by atoms with Crippen molar-refractivity contribution in [1.82, 2.24) is 0 Å². The van der Waals surface area contributed by atoms with E-state index in [1.165, 1.54) is 0 Å². The Kier molecular flexibility index (Phi) is 3.53. The third kappa shape index (κ3) is 2.93. The molecular formula is C14H11NO4. The Balaban J connectivity index is 2.08. The second kappa shape index (κ2) is 5.27. The molecule has 5 heteroatoms. The second-order valence-corrected chi connectivity index (χ2v) is 3.96. The molecule has 1 N–H and O–H groups in total. The van der Waals surface area contributed by atoms with Crippen molar-refractivity contribution in [3.63, 3.8) is 0 Å². The van der Waals surface area contributed by atoms with E-state index >= 15 is 0 Å². The summed E-state index contributed by atoms with van der Waals surface area (Å²) >= 11 is 0. The topological polar surface area (TPSA) is 83.5 Å². The van der Waals surface area contributed by atoms with E-state index in [1.54, 1.807) is 37.3 Å². The van der Waals surface area contributed by atoms with Crippen LogP contribution < -0.4 is 4.74 Å². The first-order chi connectivity index (χ1) is 9.10. The minimum atomic E-state index is -1.10. The Labute approximate surface area is 109 Å². The van der Waals surface area contributed by atoms with Crippen LogP contribution >= 0.6 is 0 Å². The van der Waals surface area contributed by atoms with Gasteiger partial charge in [0.05, 0.1) is 11.6 Å². The SMILES string of the molecule is Cc1cc(COc2cccc(C#N)c2)oc1C(=O)O. The maximum absolute atomic E-state index is 10.8. The Morgan fingerprint density at radius 2 is 2.26 bits per heavy atom. The van der Waals surface area contributed by atoms with Gasteiger partial charge in [-0.2, -0.15) is 5.26 Å². The van der Waals surface area contributed by atoms with E-state index in [-0.39, 0.29) is 12.4 Å². The van der Waals surface area contributed by atoms with Gasteiger partial charge in [0.2, 0.25) is 5.76 Å². The number of hydrogen-bond acceptors (Lipinski definition) is 4. The lowest BCUT2D eigenvalue weighted by Crippen LogP contribution is -1.96. The molecule has 1 heterocycles. The van der Waals surface area contributed by atoms with Crippen LogP contribution in [0.2, 0.25) is 0 Å². The number of aryl methyl sites for hydroxylation is 1. The normalized spacial score (nSPS) is 9.89. The minimum absolute atomic E-state index is 0.0793. The molecule has 1 aromatic heterocycles. The van der Waals surface area contributed by atoms with E-state index < -0.39 is 5.97 Å². The van der Waals surface area contributed by atoms with Crippen LogP contribution in [0.3, 0.4) is 0 Å². The number of benzene rings is 1. The summed E-state index contributed by atoms with van der Waals surface area (Å²) in [6.07, 6.45) is 0. The number of nitrogens with zero attached hydrogens (tertiary/aromatic N) is 1. The van der Waals surface area contributed by atoms with Gasteiger partial charge in [-0.1, -0.05) is 6.07 Å². The molecule has 1 aromatic carbocycles. The monoisotopic (exact) mass is 257 g/mol. The van der Waals surface area contributed by atoms with E-state index in [1.807, 2.05) is 6.07 Å². The van der Waals surface area contributed by atoms with E-state index in [0.717, 1.165) is 0 Å². The molecule has 0 spiro atoms. The van der Waals surface area contributed by atoms with Gasteiger partial charge in [0, 0.05) is 5.56 Å². The van der Waals surface area contributed by atoms with Gasteiger partial charge < -0.3 is 14.3 Å². The van der Waals surface area contributed by atoms with Gasteiger partial charge in [-0.15, -0.1) is 0 Å². The van der Waals surface area contributed by atoms with Crippen molar-refractivity contribution in [2.45, 2.75) is 13.5 Å². The van der Waals surface area contributed by atoms with Crippen LogP contribution in [-0.4, -0.2) is 11.1 Å². The molecule has 5 nitrogen and oxygen atoms in total. The molecule has 19 heavy (non-hydrogen) atoms. The molecule has 0 atom stereocenters. The number of furan rings is 1. The van der Waals surface area contributed by atoms with Crippen LogP contribution in [0.5, 0.6) is 5.75 Å². The highest BCUT2D eigenvalue weighted by atomic mass is 16.5. The number of hydrogen-bond donors (Lipinski definition) is 1. The highest BCUT2D eigenvalue weighted by Gasteiger charge is 2.14. The van der Waals surface area contributed by atoms with Crippen molar-refractivity contribution in [2.75, 3.05) is 0 Å². The zero-order valence-corrected chi connectivity index (χ0v) is 10.2. The summed E-state index contributed by atoms with van der Waals surface area (Å²) in [6, 6.07) is 10.3. The van der Waals surface area contributed by atoms with E-state index in [2.05, 4.69) is 0 Å². The van der Waals surface area contributed by atoms with Gasteiger partial charge in [0.15, 0.2) is 0 Å². The highest BCUT2D eigenvalue weighted by molar-refractivity contribution is 5.86. The summed E-state index contributed by atoms with van der Waals surface area (Å²) in [5.74, 6) is -0.221. The Bertz CT molecular complexity index is 652. The van der Waals surface area contributed by atoms with E-state index in [0.29, 0.717) is 22.6 Å². The van der Waals surface area contributed by atoms with Gasteiger partial charge in [-0.3, -0.25) is 0 Å². The van der Waals surface area contributed by atoms with Crippen molar-refractivity contribution in [2.24, 2.45) is 0 Å². The van der Waals surface area contributed by atoms with Crippen LogP contribution in [0, 0.1) is 18.3 Å². The lowest BCUT2D eigenvalue weighted by molar-refractivity contribution is 0.0657. The van der Waals surface area contributed by atoms with Gasteiger partial charge in [0.25, 0.3) is 0 Å². The summed E-state index contributed by atoms with van der Waals surface area (Å²) in [4.78, 5) is 10.8. The molecule has 0 bridgehead atoms. The molecule has 0 aliphatic heterocycles. The molecule has 0 fully saturated rings. The first-order valence-electron chi connectivity index (χ1n) is 5.55. The second-order valence-electron chi connectivity index (χ2n) is 3.96. The van der Waals surface area contributed by atoms with Crippen molar-refractivity contribution >= 4 is 5.97 Å². The summed E-state index contributed by atoms with van der Waals surface area (Å²) in [7, 11) is 0. The fourth-order valence-electron chi connectivity index (χ4n) is 1.64. The fraction of sp³-hybridized carbons (Fsp3) is 0.143. The first kappa shape index (κ1) is 12.7. The number of nitriles is 1. The number of carboxylic acids is 1. The predicted octanol–water partition coefficient (Wildman–Crippen LogP) is 2.74. The van der Waals surface area contributed by atoms with Crippen molar-refractivity contribution in [1.29, 1.82) is 5.26 Å². The molecule has 0 amide bonds. The van der Waals surface area contributed by atoms with Gasteiger partial charge in [0.1, 0.15) is 18.1 Å². The van der Waals surface area contributed by atoms with Crippen molar-refractivity contribution in [3.8, 4) is 11.8 Å². The quantitative estimate of drug-likeness (QED) is 0.910. The van der Waals surface area contributed by atoms with Crippen LogP contribution in [0.15, 0.2) is 34.7 Å². The van der Waals surface area contributed by atoms with E-state index in [4.69, 9.17) is 19.5 Å². The van der Waals surface area contributed by atoms with Crippen LogP contribution in [0.25, 0.3) is 0 Å². The number of aromatic carboxylic acids is 1. The largest absolute Gasteiger partial charge is 0.486 e. The van der Waals surface area contributed by atoms with Crippen LogP contribution in [0.4, 0.5) is 0 Å². The third-order valence-corrected chi connectivity index (χ3v) is 2.51. The molecule has 96 valence electrons. The van der Waals surface area contributed by atoms with Crippen molar-refractivity contribution in [3.05, 3.63) is 53.0 Å². The summed E-state index contributed by atoms with van der Waals surface area (Å²) < 4.78 is 10.6. The van der Waals surface area contributed by atoms with Gasteiger partial charge >= 0.3 is 5.97 Å². The molecule has 2 rings (SSSR count). The maximum atomic E-state index is 10.8. The molecule has 0 radical (unpaired) electrons. The lowest BCUT2D eigenvalue weighted by Gasteiger charge is -2.03. The molecule has 0 unspecified atom stereocenters. The number of rotatable bonds is 4. The average molecular weight is 257 g/mol. The number of carboxylic acid groups (broad SMARTS) is 1. The fourth-order valence-corrected chi connectivity index (χ4v) is 1.64. The molecule has 0 aliphatic rings. The lowest BCUT2D eigenvalue weighted by atomic mass is 10.2. The molecule has 2 aromatic rings.